The quantitative estimate of drug-likeness (QED) is 0.604. The summed E-state index contributed by atoms with van der Waals surface area (Å²) in [6.07, 6.45) is 3.96. The van der Waals surface area contributed by atoms with Crippen molar-refractivity contribution in [3.8, 4) is 0 Å². The lowest BCUT2D eigenvalue weighted by atomic mass is 10.1. The van der Waals surface area contributed by atoms with Crippen LogP contribution in [-0.2, 0) is 4.74 Å². The minimum atomic E-state index is 0.503. The zero-order valence-corrected chi connectivity index (χ0v) is 11.5. The van der Waals surface area contributed by atoms with E-state index < -0.39 is 0 Å². The Hall–Kier alpha value is 0.230. The van der Waals surface area contributed by atoms with Gasteiger partial charge in [0, 0.05) is 24.9 Å². The molecule has 0 radical (unpaired) electrons. The van der Waals surface area contributed by atoms with Gasteiger partial charge in [-0.15, -0.1) is 0 Å². The lowest BCUT2D eigenvalue weighted by Gasteiger charge is -2.22. The number of ether oxygens (including phenoxy) is 1. The first-order valence-corrected chi connectivity index (χ1v) is 7.30. The first-order valence-electron chi connectivity index (χ1n) is 6.31. The van der Waals surface area contributed by atoms with Crippen LogP contribution in [0.25, 0.3) is 0 Å². The molecule has 4 heteroatoms. The lowest BCUT2D eigenvalue weighted by Crippen LogP contribution is -2.34. The number of methoxy groups -OCH3 is 1. The van der Waals surface area contributed by atoms with Crippen molar-refractivity contribution in [2.45, 2.75) is 30.9 Å². The molecule has 0 aromatic heterocycles. The Kier molecular flexibility index (Phi) is 7.45. The maximum absolute atomic E-state index is 4.97. The molecule has 1 saturated heterocycles. The van der Waals surface area contributed by atoms with Crippen LogP contribution in [0.2, 0.25) is 0 Å². The highest BCUT2D eigenvalue weighted by Crippen LogP contribution is 2.36. The first kappa shape index (κ1) is 14.3. The Morgan fingerprint density at radius 2 is 2.06 bits per heavy atom. The highest BCUT2D eigenvalue weighted by Gasteiger charge is 2.28. The second-order valence-electron chi connectivity index (χ2n) is 4.68. The van der Waals surface area contributed by atoms with E-state index in [1.807, 2.05) is 0 Å². The van der Waals surface area contributed by atoms with Gasteiger partial charge in [0.1, 0.15) is 0 Å². The lowest BCUT2D eigenvalue weighted by molar-refractivity contribution is 0.199. The summed E-state index contributed by atoms with van der Waals surface area (Å²) in [5.41, 5.74) is 0. The molecule has 2 N–H and O–H groups in total. The molecule has 0 aliphatic carbocycles. The van der Waals surface area contributed by atoms with Crippen LogP contribution in [-0.4, -0.2) is 50.4 Å². The van der Waals surface area contributed by atoms with E-state index in [-0.39, 0.29) is 0 Å². The van der Waals surface area contributed by atoms with Gasteiger partial charge in [0.15, 0.2) is 0 Å². The van der Waals surface area contributed by atoms with E-state index in [9.17, 15) is 0 Å². The van der Waals surface area contributed by atoms with Crippen molar-refractivity contribution in [1.29, 1.82) is 0 Å². The maximum atomic E-state index is 4.97. The minimum Gasteiger partial charge on any atom is -0.383 e. The summed E-state index contributed by atoms with van der Waals surface area (Å²) in [5.74, 6) is 1.34. The summed E-state index contributed by atoms with van der Waals surface area (Å²) in [7, 11) is 1.74. The fourth-order valence-corrected chi connectivity index (χ4v) is 3.24. The summed E-state index contributed by atoms with van der Waals surface area (Å²) in [4.78, 5) is 0. The van der Waals surface area contributed by atoms with E-state index in [4.69, 9.17) is 4.74 Å². The minimum absolute atomic E-state index is 0.503. The molecular formula is C12H26N2OS. The van der Waals surface area contributed by atoms with Crippen LogP contribution in [0, 0.1) is 0 Å². The molecule has 1 rings (SSSR count). The summed E-state index contributed by atoms with van der Waals surface area (Å²) in [6, 6.07) is 0. The summed E-state index contributed by atoms with van der Waals surface area (Å²) in [6.45, 7) is 7.52. The van der Waals surface area contributed by atoms with Gasteiger partial charge in [-0.2, -0.15) is 11.8 Å². The molecule has 0 aromatic carbocycles. The molecule has 3 nitrogen and oxygen atoms in total. The highest BCUT2D eigenvalue weighted by atomic mass is 32.2. The number of nitrogens with one attached hydrogen (secondary N) is 2. The Balaban J connectivity index is 1.84. The third-order valence-corrected chi connectivity index (χ3v) is 4.53. The molecule has 1 unspecified atom stereocenters. The van der Waals surface area contributed by atoms with Gasteiger partial charge in [-0.1, -0.05) is 0 Å². The molecule has 96 valence electrons. The Morgan fingerprint density at radius 3 is 2.75 bits per heavy atom. The van der Waals surface area contributed by atoms with Gasteiger partial charge in [0.25, 0.3) is 0 Å². The molecule has 0 bridgehead atoms. The third kappa shape index (κ3) is 6.09. The van der Waals surface area contributed by atoms with Crippen molar-refractivity contribution >= 4 is 11.8 Å². The molecule has 1 fully saturated rings. The van der Waals surface area contributed by atoms with Crippen molar-refractivity contribution in [2.75, 3.05) is 45.6 Å². The standard InChI is InChI=1S/C12H26N2OS/c1-12(5-3-10-16-12)11-14-7-4-6-13-8-9-15-2/h13-14H,3-11H2,1-2H3. The fourth-order valence-electron chi connectivity index (χ4n) is 1.97. The zero-order valence-electron chi connectivity index (χ0n) is 10.7. The van der Waals surface area contributed by atoms with Crippen LogP contribution >= 0.6 is 11.8 Å². The molecular weight excluding hydrogens is 220 g/mol. The summed E-state index contributed by atoms with van der Waals surface area (Å²) >= 11 is 2.12. The molecule has 0 aromatic rings. The van der Waals surface area contributed by atoms with Crippen molar-refractivity contribution in [3.63, 3.8) is 0 Å². The van der Waals surface area contributed by atoms with Crippen molar-refractivity contribution in [3.05, 3.63) is 0 Å². The van der Waals surface area contributed by atoms with Crippen LogP contribution in [0.5, 0.6) is 0 Å². The summed E-state index contributed by atoms with van der Waals surface area (Å²) in [5, 5.41) is 6.92. The van der Waals surface area contributed by atoms with Crippen molar-refractivity contribution < 1.29 is 4.74 Å². The molecule has 0 saturated carbocycles. The number of thioether (sulfide) groups is 1. The average Bonchev–Trinajstić information content (AvgIpc) is 2.70. The van der Waals surface area contributed by atoms with E-state index in [1.165, 1.54) is 25.0 Å². The topological polar surface area (TPSA) is 33.3 Å². The van der Waals surface area contributed by atoms with E-state index >= 15 is 0 Å². The molecule has 0 spiro atoms. The van der Waals surface area contributed by atoms with Crippen LogP contribution in [0.3, 0.4) is 0 Å². The average molecular weight is 246 g/mol. The van der Waals surface area contributed by atoms with Gasteiger partial charge in [-0.25, -0.2) is 0 Å². The normalized spacial score (nSPS) is 25.1. The third-order valence-electron chi connectivity index (χ3n) is 2.99. The zero-order chi connectivity index (χ0) is 11.7. The monoisotopic (exact) mass is 246 g/mol. The van der Waals surface area contributed by atoms with Crippen molar-refractivity contribution in [1.82, 2.24) is 10.6 Å². The molecule has 0 amide bonds. The molecule has 1 aliphatic rings. The van der Waals surface area contributed by atoms with Crippen molar-refractivity contribution in [2.24, 2.45) is 0 Å². The smallest absolute Gasteiger partial charge is 0.0587 e. The Bertz CT molecular complexity index is 172. The van der Waals surface area contributed by atoms with Crippen LogP contribution in [0.15, 0.2) is 0 Å². The predicted octanol–water partition coefficient (Wildman–Crippen LogP) is 1.49. The van der Waals surface area contributed by atoms with Crippen LogP contribution in [0.4, 0.5) is 0 Å². The van der Waals surface area contributed by atoms with Gasteiger partial charge in [-0.3, -0.25) is 0 Å². The predicted molar refractivity (Wildman–Crippen MR) is 72.3 cm³/mol. The molecule has 1 aliphatic heterocycles. The number of hydrogen-bond acceptors (Lipinski definition) is 4. The van der Waals surface area contributed by atoms with Gasteiger partial charge in [0.2, 0.25) is 0 Å². The summed E-state index contributed by atoms with van der Waals surface area (Å²) < 4.78 is 5.47. The first-order chi connectivity index (χ1) is 7.77. The second-order valence-corrected chi connectivity index (χ2v) is 6.36. The van der Waals surface area contributed by atoms with Gasteiger partial charge in [0.05, 0.1) is 6.61 Å². The van der Waals surface area contributed by atoms with E-state index in [0.717, 1.165) is 32.8 Å². The Labute approximate surface area is 104 Å². The van der Waals surface area contributed by atoms with Crippen LogP contribution < -0.4 is 10.6 Å². The van der Waals surface area contributed by atoms with Gasteiger partial charge in [-0.05, 0) is 45.0 Å². The Morgan fingerprint density at radius 1 is 1.25 bits per heavy atom. The molecule has 1 heterocycles. The molecule has 1 atom stereocenters. The van der Waals surface area contributed by atoms with E-state index in [1.54, 1.807) is 7.11 Å². The van der Waals surface area contributed by atoms with Gasteiger partial charge >= 0.3 is 0 Å². The number of rotatable bonds is 9. The maximum Gasteiger partial charge on any atom is 0.0587 e. The SMILES string of the molecule is COCCNCCCNCC1(C)CCCS1. The molecule has 16 heavy (non-hydrogen) atoms. The van der Waals surface area contributed by atoms with Crippen LogP contribution in [0.1, 0.15) is 26.2 Å². The fraction of sp³-hybridized carbons (Fsp3) is 1.00. The van der Waals surface area contributed by atoms with E-state index in [0.29, 0.717) is 4.75 Å². The number of hydrogen-bond donors (Lipinski definition) is 2. The largest absolute Gasteiger partial charge is 0.383 e. The second kappa shape index (κ2) is 8.34. The van der Waals surface area contributed by atoms with Gasteiger partial charge < -0.3 is 15.4 Å². The van der Waals surface area contributed by atoms with E-state index in [2.05, 4.69) is 29.3 Å². The highest BCUT2D eigenvalue weighted by molar-refractivity contribution is 8.00.